The molecule has 0 bridgehead atoms. The van der Waals surface area contributed by atoms with Crippen molar-refractivity contribution in [1.29, 1.82) is 0 Å². The summed E-state index contributed by atoms with van der Waals surface area (Å²) in [6, 6.07) is 58.5. The molecule has 0 saturated carbocycles. The molecule has 8 aromatic rings. The minimum Gasteiger partial charge on any atom is -0.0682 e. The predicted molar refractivity (Wildman–Crippen MR) is 195 cm³/mol. The molecule has 46 heavy (non-hydrogen) atoms. The molecule has 0 heteroatoms. The third kappa shape index (κ3) is 3.74. The van der Waals surface area contributed by atoms with Gasteiger partial charge in [0.25, 0.3) is 0 Å². The van der Waals surface area contributed by atoms with Gasteiger partial charge in [0.1, 0.15) is 0 Å². The fourth-order valence-electron chi connectivity index (χ4n) is 8.35. The zero-order chi connectivity index (χ0) is 30.2. The van der Waals surface area contributed by atoms with Crippen molar-refractivity contribution in [3.05, 3.63) is 179 Å². The molecule has 0 nitrogen and oxygen atoms in total. The quantitative estimate of drug-likeness (QED) is 0.194. The van der Waals surface area contributed by atoms with E-state index >= 15 is 0 Å². The summed E-state index contributed by atoms with van der Waals surface area (Å²) in [7, 11) is 0. The molecular weight excluding hydrogens is 553 g/mol. The third-order valence-corrected chi connectivity index (χ3v) is 10.4. The van der Waals surface area contributed by atoms with Gasteiger partial charge in [-0.3, -0.25) is 0 Å². The molecule has 0 amide bonds. The number of hydrogen-bond donors (Lipinski definition) is 0. The summed E-state index contributed by atoms with van der Waals surface area (Å²) in [6.07, 6.45) is 5.09. The zero-order valence-corrected chi connectivity index (χ0v) is 25.3. The van der Waals surface area contributed by atoms with E-state index in [1.54, 1.807) is 0 Å². The van der Waals surface area contributed by atoms with E-state index < -0.39 is 0 Å². The summed E-state index contributed by atoms with van der Waals surface area (Å²) in [5.41, 5.74) is 10.5. The van der Waals surface area contributed by atoms with Crippen LogP contribution in [0.2, 0.25) is 0 Å². The lowest BCUT2D eigenvalue weighted by atomic mass is 9.81. The van der Waals surface area contributed by atoms with Crippen LogP contribution in [0.3, 0.4) is 0 Å². The maximum atomic E-state index is 2.55. The Morgan fingerprint density at radius 2 is 0.826 bits per heavy atom. The van der Waals surface area contributed by atoms with Crippen molar-refractivity contribution in [2.24, 2.45) is 0 Å². The summed E-state index contributed by atoms with van der Waals surface area (Å²) in [4.78, 5) is 0. The summed E-state index contributed by atoms with van der Waals surface area (Å²) < 4.78 is 0. The molecule has 2 aliphatic rings. The van der Waals surface area contributed by atoms with Crippen LogP contribution >= 0.6 is 0 Å². The van der Waals surface area contributed by atoms with Crippen molar-refractivity contribution in [2.75, 3.05) is 0 Å². The molecular formula is C46H30. The average Bonchev–Trinajstić information content (AvgIpc) is 3.43. The van der Waals surface area contributed by atoms with Crippen LogP contribution in [-0.4, -0.2) is 0 Å². The summed E-state index contributed by atoms with van der Waals surface area (Å²) in [6.45, 7) is 0. The first kappa shape index (κ1) is 25.6. The maximum absolute atomic E-state index is 2.55. The van der Waals surface area contributed by atoms with Crippen LogP contribution in [0.15, 0.2) is 158 Å². The molecule has 0 fully saturated rings. The second-order valence-corrected chi connectivity index (χ2v) is 12.8. The van der Waals surface area contributed by atoms with E-state index in [2.05, 4.69) is 170 Å². The highest BCUT2D eigenvalue weighted by Gasteiger charge is 2.33. The number of fused-ring (bicyclic) bond motifs is 6. The number of rotatable bonds is 3. The minimum absolute atomic E-state index is 0.349. The largest absolute Gasteiger partial charge is 0.0682 e. The first-order valence-corrected chi connectivity index (χ1v) is 16.3. The maximum Gasteiger partial charge on any atom is 0.0137 e. The summed E-state index contributed by atoms with van der Waals surface area (Å²) in [5, 5.41) is 10.5. The van der Waals surface area contributed by atoms with Crippen LogP contribution in [0.4, 0.5) is 0 Å². The first-order valence-electron chi connectivity index (χ1n) is 16.3. The molecule has 0 N–H and O–H groups in total. The highest BCUT2D eigenvalue weighted by molar-refractivity contribution is 6.09. The Kier molecular flexibility index (Phi) is 5.50. The van der Waals surface area contributed by atoms with Gasteiger partial charge < -0.3 is 0 Å². The van der Waals surface area contributed by atoms with E-state index in [1.165, 1.54) is 87.3 Å². The van der Waals surface area contributed by atoms with Gasteiger partial charge in [-0.05, 0) is 99.4 Å². The Bertz CT molecular complexity index is 2630. The Morgan fingerprint density at radius 1 is 0.326 bits per heavy atom. The van der Waals surface area contributed by atoms with Crippen molar-refractivity contribution in [1.82, 2.24) is 0 Å². The fraction of sp³-hybridized carbons (Fsp3) is 0.0435. The number of benzene rings is 8. The Morgan fingerprint density at radius 3 is 1.52 bits per heavy atom. The summed E-state index contributed by atoms with van der Waals surface area (Å²) >= 11 is 0. The molecule has 214 valence electrons. The van der Waals surface area contributed by atoms with Crippen LogP contribution in [0.25, 0.3) is 77.9 Å². The van der Waals surface area contributed by atoms with Gasteiger partial charge in [0.15, 0.2) is 0 Å². The molecule has 0 saturated heterocycles. The average molecular weight is 583 g/mol. The molecule has 0 spiro atoms. The smallest absolute Gasteiger partial charge is 0.0137 e. The molecule has 8 aromatic carbocycles. The Hall–Kier alpha value is -5.72. The lowest BCUT2D eigenvalue weighted by Crippen LogP contribution is -2.31. The van der Waals surface area contributed by atoms with E-state index in [0.717, 1.165) is 0 Å². The molecule has 0 aliphatic heterocycles. The molecule has 10 rings (SSSR count). The van der Waals surface area contributed by atoms with E-state index in [9.17, 15) is 0 Å². The van der Waals surface area contributed by atoms with E-state index in [0.29, 0.717) is 11.8 Å². The van der Waals surface area contributed by atoms with Crippen LogP contribution in [0.5, 0.6) is 0 Å². The second-order valence-electron chi connectivity index (χ2n) is 12.8. The molecule has 0 heterocycles. The highest BCUT2D eigenvalue weighted by atomic mass is 14.4. The number of hydrogen-bond acceptors (Lipinski definition) is 0. The normalized spacial score (nSPS) is 16.2. The third-order valence-electron chi connectivity index (χ3n) is 10.4. The van der Waals surface area contributed by atoms with E-state index in [-0.39, 0.29) is 0 Å². The van der Waals surface area contributed by atoms with Gasteiger partial charge in [0.05, 0.1) is 0 Å². The van der Waals surface area contributed by atoms with Crippen LogP contribution in [-0.2, 0) is 0 Å². The van der Waals surface area contributed by atoms with Crippen molar-refractivity contribution >= 4 is 44.5 Å². The van der Waals surface area contributed by atoms with Crippen LogP contribution in [0.1, 0.15) is 23.0 Å². The minimum atomic E-state index is 0.349. The zero-order valence-electron chi connectivity index (χ0n) is 25.3. The van der Waals surface area contributed by atoms with Crippen molar-refractivity contribution in [3.63, 3.8) is 0 Å². The monoisotopic (exact) mass is 582 g/mol. The van der Waals surface area contributed by atoms with Crippen LogP contribution < -0.4 is 10.4 Å². The first-order chi connectivity index (χ1) is 22.8. The molecule has 0 radical (unpaired) electrons. The second kappa shape index (κ2) is 9.89. The highest BCUT2D eigenvalue weighted by Crippen LogP contribution is 2.49. The molecule has 2 unspecified atom stereocenters. The van der Waals surface area contributed by atoms with Gasteiger partial charge in [-0.25, -0.2) is 0 Å². The van der Waals surface area contributed by atoms with E-state index in [1.807, 2.05) is 0 Å². The van der Waals surface area contributed by atoms with Crippen molar-refractivity contribution in [3.8, 4) is 33.4 Å². The Balaban J connectivity index is 1.28. The van der Waals surface area contributed by atoms with Crippen molar-refractivity contribution in [2.45, 2.75) is 11.8 Å². The van der Waals surface area contributed by atoms with Gasteiger partial charge in [0, 0.05) is 11.8 Å². The molecule has 2 atom stereocenters. The molecule has 2 aliphatic carbocycles. The SMILES string of the molecule is C1=c2cc(-c3cccc4ccccc34)c(-c3ccc(-c4ccccc4)c4ccccc34)cc2=CC2c3cccc4cccc(c34)C12. The predicted octanol–water partition coefficient (Wildman–Crippen LogP) is 10.6. The van der Waals surface area contributed by atoms with Crippen LogP contribution in [0, 0.1) is 0 Å². The lowest BCUT2D eigenvalue weighted by Gasteiger charge is -2.22. The van der Waals surface area contributed by atoms with Gasteiger partial charge in [-0.2, -0.15) is 0 Å². The Labute approximate surface area is 268 Å². The fourth-order valence-corrected chi connectivity index (χ4v) is 8.35. The van der Waals surface area contributed by atoms with E-state index in [4.69, 9.17) is 0 Å². The van der Waals surface area contributed by atoms with Gasteiger partial charge in [-0.1, -0.05) is 158 Å². The topological polar surface area (TPSA) is 0 Å². The summed E-state index contributed by atoms with van der Waals surface area (Å²) in [5.74, 6) is 0.702. The lowest BCUT2D eigenvalue weighted by molar-refractivity contribution is 0.834. The molecule has 0 aromatic heterocycles. The van der Waals surface area contributed by atoms with Gasteiger partial charge in [-0.15, -0.1) is 0 Å². The standard InChI is InChI=1S/C46H30/c1-2-11-29(12-3-1)35-23-24-39(38-19-7-6-18-36(35)38)43-26-33-28-45-41-22-10-16-31-15-9-21-40(46(31)41)44(45)27-32(33)25-42(43)37-20-8-14-30-13-4-5-17-34(30)37/h1-28,44-45H. The van der Waals surface area contributed by atoms with Crippen molar-refractivity contribution < 1.29 is 0 Å². The van der Waals surface area contributed by atoms with Gasteiger partial charge in [0.2, 0.25) is 0 Å². The van der Waals surface area contributed by atoms with Gasteiger partial charge >= 0.3 is 0 Å².